The van der Waals surface area contributed by atoms with Gasteiger partial charge in [-0.25, -0.2) is 0 Å². The minimum atomic E-state index is -0.0357. The Kier molecular flexibility index (Phi) is 5.80. The van der Waals surface area contributed by atoms with E-state index in [1.165, 1.54) is 0 Å². The van der Waals surface area contributed by atoms with Gasteiger partial charge in [-0.1, -0.05) is 43.7 Å². The number of methoxy groups -OCH3 is 1. The van der Waals surface area contributed by atoms with Crippen molar-refractivity contribution < 1.29 is 9.53 Å². The number of carbonyl (C=O) groups is 1. The maximum absolute atomic E-state index is 12.5. The molecule has 2 aromatic carbocycles. The number of amides is 1. The van der Waals surface area contributed by atoms with E-state index >= 15 is 0 Å². The third-order valence-corrected chi connectivity index (χ3v) is 3.84. The Morgan fingerprint density at radius 1 is 1.04 bits per heavy atom. The van der Waals surface area contributed by atoms with Gasteiger partial charge in [0.1, 0.15) is 5.75 Å². The molecule has 0 radical (unpaired) electrons. The summed E-state index contributed by atoms with van der Waals surface area (Å²) < 4.78 is 5.20. The molecule has 23 heavy (non-hydrogen) atoms. The van der Waals surface area contributed by atoms with Gasteiger partial charge in [-0.05, 0) is 49.1 Å². The average molecular weight is 311 g/mol. The molecular formula is C20H25NO2. The average Bonchev–Trinajstić information content (AvgIpc) is 2.54. The summed E-state index contributed by atoms with van der Waals surface area (Å²) in [4.78, 5) is 12.5. The van der Waals surface area contributed by atoms with Gasteiger partial charge in [0, 0.05) is 5.56 Å². The largest absolute Gasteiger partial charge is 0.497 e. The van der Waals surface area contributed by atoms with E-state index in [4.69, 9.17) is 4.74 Å². The second-order valence-electron chi connectivity index (χ2n) is 6.29. The first-order chi connectivity index (χ1) is 11.0. The Balaban J connectivity index is 2.17. The predicted octanol–water partition coefficient (Wildman–Crippen LogP) is 4.52. The van der Waals surface area contributed by atoms with Gasteiger partial charge in [-0.3, -0.25) is 4.79 Å². The molecule has 0 saturated heterocycles. The van der Waals surface area contributed by atoms with Crippen molar-refractivity contribution in [1.82, 2.24) is 5.32 Å². The van der Waals surface area contributed by atoms with Gasteiger partial charge in [0.2, 0.25) is 0 Å². The number of hydrogen-bond acceptors (Lipinski definition) is 2. The van der Waals surface area contributed by atoms with E-state index in [1.807, 2.05) is 55.5 Å². The van der Waals surface area contributed by atoms with Gasteiger partial charge in [0.25, 0.3) is 5.91 Å². The van der Waals surface area contributed by atoms with Crippen molar-refractivity contribution in [2.45, 2.75) is 33.2 Å². The van der Waals surface area contributed by atoms with Crippen LogP contribution in [-0.2, 0) is 0 Å². The number of nitrogens with one attached hydrogen (secondary N) is 1. The highest BCUT2D eigenvalue weighted by atomic mass is 16.5. The van der Waals surface area contributed by atoms with Crippen molar-refractivity contribution in [3.05, 3.63) is 65.2 Å². The zero-order valence-corrected chi connectivity index (χ0v) is 14.3. The van der Waals surface area contributed by atoms with Crippen LogP contribution in [0.15, 0.2) is 48.5 Å². The highest BCUT2D eigenvalue weighted by molar-refractivity contribution is 5.94. The minimum Gasteiger partial charge on any atom is -0.497 e. The molecule has 122 valence electrons. The topological polar surface area (TPSA) is 38.3 Å². The standard InChI is InChI=1S/C20H25NO2/c1-14(2)13-19(16-9-11-18(23-4)12-10-16)21-20(22)17-7-5-15(3)6-8-17/h5-12,14,19H,13H2,1-4H3,(H,21,22). The van der Waals surface area contributed by atoms with E-state index in [9.17, 15) is 4.79 Å². The van der Waals surface area contributed by atoms with Crippen LogP contribution in [0.25, 0.3) is 0 Å². The molecule has 0 fully saturated rings. The monoisotopic (exact) mass is 311 g/mol. The SMILES string of the molecule is COc1ccc(C(CC(C)C)NC(=O)c2ccc(C)cc2)cc1. The summed E-state index contributed by atoms with van der Waals surface area (Å²) in [6.45, 7) is 6.34. The molecule has 0 aliphatic carbocycles. The number of rotatable bonds is 6. The fourth-order valence-electron chi connectivity index (χ4n) is 2.53. The van der Waals surface area contributed by atoms with E-state index in [0.29, 0.717) is 11.5 Å². The third-order valence-electron chi connectivity index (χ3n) is 3.84. The Hall–Kier alpha value is -2.29. The van der Waals surface area contributed by atoms with Crippen LogP contribution in [-0.4, -0.2) is 13.0 Å². The number of carbonyl (C=O) groups excluding carboxylic acids is 1. The summed E-state index contributed by atoms with van der Waals surface area (Å²) in [6.07, 6.45) is 0.893. The van der Waals surface area contributed by atoms with Crippen LogP contribution in [0.5, 0.6) is 5.75 Å². The molecule has 0 saturated carbocycles. The highest BCUT2D eigenvalue weighted by Crippen LogP contribution is 2.24. The van der Waals surface area contributed by atoms with Crippen molar-refractivity contribution in [1.29, 1.82) is 0 Å². The van der Waals surface area contributed by atoms with Crippen molar-refractivity contribution in [3.8, 4) is 5.75 Å². The molecule has 1 amide bonds. The summed E-state index contributed by atoms with van der Waals surface area (Å²) in [5.74, 6) is 1.27. The number of ether oxygens (including phenoxy) is 1. The van der Waals surface area contributed by atoms with E-state index in [0.717, 1.165) is 23.3 Å². The van der Waals surface area contributed by atoms with E-state index in [1.54, 1.807) is 7.11 Å². The smallest absolute Gasteiger partial charge is 0.251 e. The van der Waals surface area contributed by atoms with Crippen LogP contribution in [0, 0.1) is 12.8 Å². The van der Waals surface area contributed by atoms with Crippen LogP contribution in [0.4, 0.5) is 0 Å². The van der Waals surface area contributed by atoms with Gasteiger partial charge in [0.15, 0.2) is 0 Å². The lowest BCUT2D eigenvalue weighted by Gasteiger charge is -2.21. The molecule has 2 aromatic rings. The lowest BCUT2D eigenvalue weighted by molar-refractivity contribution is 0.0932. The molecule has 3 nitrogen and oxygen atoms in total. The molecule has 1 atom stereocenters. The predicted molar refractivity (Wildman–Crippen MR) is 93.8 cm³/mol. The molecule has 0 aliphatic rings. The fourth-order valence-corrected chi connectivity index (χ4v) is 2.53. The first kappa shape index (κ1) is 17.1. The fraction of sp³-hybridized carbons (Fsp3) is 0.350. The minimum absolute atomic E-state index is 0.00490. The summed E-state index contributed by atoms with van der Waals surface area (Å²) in [5, 5.41) is 3.16. The lowest BCUT2D eigenvalue weighted by Crippen LogP contribution is -2.29. The number of aryl methyl sites for hydroxylation is 1. The van der Waals surface area contributed by atoms with Crippen LogP contribution in [0.1, 0.15) is 47.8 Å². The third kappa shape index (κ3) is 4.85. The number of benzene rings is 2. The van der Waals surface area contributed by atoms with Crippen LogP contribution >= 0.6 is 0 Å². The Bertz CT molecular complexity index is 630. The molecule has 0 bridgehead atoms. The molecule has 3 heteroatoms. The van der Waals surface area contributed by atoms with E-state index in [-0.39, 0.29) is 11.9 Å². The van der Waals surface area contributed by atoms with Gasteiger partial charge in [0.05, 0.1) is 13.2 Å². The normalized spacial score (nSPS) is 12.0. The molecule has 1 N–H and O–H groups in total. The molecule has 0 heterocycles. The quantitative estimate of drug-likeness (QED) is 0.851. The van der Waals surface area contributed by atoms with Gasteiger partial charge in [-0.2, -0.15) is 0 Å². The molecule has 2 rings (SSSR count). The van der Waals surface area contributed by atoms with Crippen molar-refractivity contribution in [3.63, 3.8) is 0 Å². The first-order valence-electron chi connectivity index (χ1n) is 8.01. The van der Waals surface area contributed by atoms with Crippen molar-refractivity contribution in [2.75, 3.05) is 7.11 Å². The second kappa shape index (κ2) is 7.82. The van der Waals surface area contributed by atoms with Crippen molar-refractivity contribution in [2.24, 2.45) is 5.92 Å². The molecule has 1 unspecified atom stereocenters. The summed E-state index contributed by atoms with van der Waals surface area (Å²) in [5.41, 5.74) is 2.94. The molecule has 0 aromatic heterocycles. The van der Waals surface area contributed by atoms with Crippen molar-refractivity contribution >= 4 is 5.91 Å². The van der Waals surface area contributed by atoms with Gasteiger partial charge >= 0.3 is 0 Å². The molecular weight excluding hydrogens is 286 g/mol. The first-order valence-corrected chi connectivity index (χ1v) is 8.01. The van der Waals surface area contributed by atoms with Crippen LogP contribution in [0.3, 0.4) is 0 Å². The maximum Gasteiger partial charge on any atom is 0.251 e. The highest BCUT2D eigenvalue weighted by Gasteiger charge is 2.17. The maximum atomic E-state index is 12.5. The zero-order chi connectivity index (χ0) is 16.8. The van der Waals surface area contributed by atoms with Crippen LogP contribution < -0.4 is 10.1 Å². The Morgan fingerprint density at radius 3 is 2.17 bits per heavy atom. The van der Waals surface area contributed by atoms with Gasteiger partial charge < -0.3 is 10.1 Å². The molecule has 0 aliphatic heterocycles. The zero-order valence-electron chi connectivity index (χ0n) is 14.3. The summed E-state index contributed by atoms with van der Waals surface area (Å²) in [7, 11) is 1.65. The van der Waals surface area contributed by atoms with Gasteiger partial charge in [-0.15, -0.1) is 0 Å². The van der Waals surface area contributed by atoms with E-state index in [2.05, 4.69) is 19.2 Å². The summed E-state index contributed by atoms with van der Waals surface area (Å²) >= 11 is 0. The number of hydrogen-bond donors (Lipinski definition) is 1. The Morgan fingerprint density at radius 2 is 1.65 bits per heavy atom. The summed E-state index contributed by atoms with van der Waals surface area (Å²) in [6, 6.07) is 15.5. The molecule has 0 spiro atoms. The second-order valence-corrected chi connectivity index (χ2v) is 6.29. The van der Waals surface area contributed by atoms with E-state index < -0.39 is 0 Å². The van der Waals surface area contributed by atoms with Crippen LogP contribution in [0.2, 0.25) is 0 Å². The lowest BCUT2D eigenvalue weighted by atomic mass is 9.96. The Labute approximate surface area is 138 Å².